The van der Waals surface area contributed by atoms with E-state index in [1.807, 2.05) is 25.1 Å². The van der Waals surface area contributed by atoms with Gasteiger partial charge in [0.25, 0.3) is 0 Å². The van der Waals surface area contributed by atoms with Gasteiger partial charge in [-0.1, -0.05) is 12.1 Å². The normalized spacial score (nSPS) is 12.1. The van der Waals surface area contributed by atoms with Crippen molar-refractivity contribution in [3.63, 3.8) is 0 Å². The molecule has 0 aliphatic carbocycles. The average Bonchev–Trinajstić information content (AvgIpc) is 2.30. The second-order valence-corrected chi connectivity index (χ2v) is 3.66. The summed E-state index contributed by atoms with van der Waals surface area (Å²) in [5.41, 5.74) is 1.85. The molecule has 1 N–H and O–H groups in total. The summed E-state index contributed by atoms with van der Waals surface area (Å²) in [7, 11) is 0. The van der Waals surface area contributed by atoms with Gasteiger partial charge in [-0.05, 0) is 36.8 Å². The number of pyridine rings is 1. The molecule has 3 heteroatoms. The van der Waals surface area contributed by atoms with Crippen molar-refractivity contribution in [1.29, 1.82) is 0 Å². The molecule has 0 spiro atoms. The highest BCUT2D eigenvalue weighted by Gasteiger charge is 2.04. The summed E-state index contributed by atoms with van der Waals surface area (Å²) in [6, 6.07) is 10.4. The van der Waals surface area contributed by atoms with Crippen LogP contribution in [0.4, 0.5) is 10.1 Å². The van der Waals surface area contributed by atoms with E-state index >= 15 is 0 Å². The van der Waals surface area contributed by atoms with Crippen LogP contribution in [0.3, 0.4) is 0 Å². The molecule has 0 aliphatic heterocycles. The molecule has 82 valence electrons. The Morgan fingerprint density at radius 2 is 2.12 bits per heavy atom. The Hall–Kier alpha value is -1.90. The molecule has 1 atom stereocenters. The highest BCUT2D eigenvalue weighted by molar-refractivity contribution is 5.45. The summed E-state index contributed by atoms with van der Waals surface area (Å²) in [6.45, 7) is 2.02. The first-order valence-electron chi connectivity index (χ1n) is 5.18. The van der Waals surface area contributed by atoms with Crippen molar-refractivity contribution in [2.24, 2.45) is 0 Å². The van der Waals surface area contributed by atoms with Gasteiger partial charge in [0.15, 0.2) is 0 Å². The van der Waals surface area contributed by atoms with Gasteiger partial charge < -0.3 is 5.32 Å². The maximum atomic E-state index is 13.0. The molecule has 1 aromatic heterocycles. The van der Waals surface area contributed by atoms with Crippen LogP contribution in [0.5, 0.6) is 0 Å². The van der Waals surface area contributed by atoms with E-state index < -0.39 is 0 Å². The summed E-state index contributed by atoms with van der Waals surface area (Å²) < 4.78 is 13.0. The van der Waals surface area contributed by atoms with Crippen molar-refractivity contribution in [2.75, 3.05) is 5.32 Å². The van der Waals surface area contributed by atoms with Crippen molar-refractivity contribution in [3.8, 4) is 0 Å². The van der Waals surface area contributed by atoms with Crippen LogP contribution in [0.1, 0.15) is 18.5 Å². The zero-order chi connectivity index (χ0) is 11.4. The zero-order valence-electron chi connectivity index (χ0n) is 9.02. The fourth-order valence-corrected chi connectivity index (χ4v) is 1.54. The van der Waals surface area contributed by atoms with Gasteiger partial charge in [-0.3, -0.25) is 4.98 Å². The topological polar surface area (TPSA) is 24.9 Å². The second kappa shape index (κ2) is 4.75. The highest BCUT2D eigenvalue weighted by atomic mass is 19.1. The van der Waals surface area contributed by atoms with Crippen LogP contribution < -0.4 is 5.32 Å². The standard InChI is InChI=1S/C13H13FN2/c1-10(11-4-3-7-15-9-11)16-13-6-2-5-12(14)8-13/h2-10,16H,1H3. The molecule has 2 rings (SSSR count). The summed E-state index contributed by atoms with van der Waals surface area (Å²) in [5.74, 6) is -0.233. The molecule has 0 saturated carbocycles. The van der Waals surface area contributed by atoms with Gasteiger partial charge in [-0.2, -0.15) is 0 Å². The average molecular weight is 216 g/mol. The molecule has 0 radical (unpaired) electrons. The third-order valence-electron chi connectivity index (χ3n) is 2.39. The van der Waals surface area contributed by atoms with Crippen molar-refractivity contribution >= 4 is 5.69 Å². The van der Waals surface area contributed by atoms with E-state index in [0.717, 1.165) is 11.3 Å². The van der Waals surface area contributed by atoms with E-state index in [2.05, 4.69) is 10.3 Å². The molecular formula is C13H13FN2. The van der Waals surface area contributed by atoms with Crippen molar-refractivity contribution in [1.82, 2.24) is 4.98 Å². The largest absolute Gasteiger partial charge is 0.378 e. The summed E-state index contributed by atoms with van der Waals surface area (Å²) in [4.78, 5) is 4.05. The van der Waals surface area contributed by atoms with E-state index in [9.17, 15) is 4.39 Å². The van der Waals surface area contributed by atoms with Crippen molar-refractivity contribution < 1.29 is 4.39 Å². The van der Waals surface area contributed by atoms with Crippen LogP contribution in [0.15, 0.2) is 48.8 Å². The molecule has 0 aliphatic rings. The third kappa shape index (κ3) is 2.57. The Bertz CT molecular complexity index is 456. The van der Waals surface area contributed by atoms with E-state index in [1.54, 1.807) is 18.5 Å². The van der Waals surface area contributed by atoms with Crippen LogP contribution in [0, 0.1) is 5.82 Å². The lowest BCUT2D eigenvalue weighted by atomic mass is 10.1. The number of halogens is 1. The number of hydrogen-bond donors (Lipinski definition) is 1. The molecule has 0 amide bonds. The fraction of sp³-hybridized carbons (Fsp3) is 0.154. The number of anilines is 1. The van der Waals surface area contributed by atoms with Gasteiger partial charge in [0, 0.05) is 18.1 Å². The lowest BCUT2D eigenvalue weighted by Gasteiger charge is -2.15. The van der Waals surface area contributed by atoms with E-state index in [4.69, 9.17) is 0 Å². The summed E-state index contributed by atoms with van der Waals surface area (Å²) >= 11 is 0. The Morgan fingerprint density at radius 1 is 1.25 bits per heavy atom. The monoisotopic (exact) mass is 216 g/mol. The first-order valence-corrected chi connectivity index (χ1v) is 5.18. The first kappa shape index (κ1) is 10.6. The van der Waals surface area contributed by atoms with Gasteiger partial charge in [0.1, 0.15) is 5.82 Å². The number of aromatic nitrogens is 1. The van der Waals surface area contributed by atoms with E-state index in [1.165, 1.54) is 12.1 Å². The fourth-order valence-electron chi connectivity index (χ4n) is 1.54. The molecule has 0 fully saturated rings. The van der Waals surface area contributed by atoms with Gasteiger partial charge in [0.2, 0.25) is 0 Å². The maximum Gasteiger partial charge on any atom is 0.125 e. The predicted molar refractivity (Wildman–Crippen MR) is 62.7 cm³/mol. The molecule has 2 nitrogen and oxygen atoms in total. The molecule has 16 heavy (non-hydrogen) atoms. The highest BCUT2D eigenvalue weighted by Crippen LogP contribution is 2.18. The van der Waals surface area contributed by atoms with Crippen LogP contribution in [-0.4, -0.2) is 4.98 Å². The summed E-state index contributed by atoms with van der Waals surface area (Å²) in [5, 5.41) is 3.22. The molecule has 0 bridgehead atoms. The van der Waals surface area contributed by atoms with Gasteiger partial charge in [-0.25, -0.2) is 4.39 Å². The number of hydrogen-bond acceptors (Lipinski definition) is 2. The maximum absolute atomic E-state index is 13.0. The van der Waals surface area contributed by atoms with Crippen LogP contribution in [-0.2, 0) is 0 Å². The van der Waals surface area contributed by atoms with Gasteiger partial charge in [0.05, 0.1) is 6.04 Å². The number of rotatable bonds is 3. The van der Waals surface area contributed by atoms with Gasteiger partial charge >= 0.3 is 0 Å². The SMILES string of the molecule is CC(Nc1cccc(F)c1)c1cccnc1. The van der Waals surface area contributed by atoms with Crippen LogP contribution >= 0.6 is 0 Å². The quantitative estimate of drug-likeness (QED) is 0.850. The molecule has 1 heterocycles. The van der Waals surface area contributed by atoms with E-state index in [-0.39, 0.29) is 11.9 Å². The lowest BCUT2D eigenvalue weighted by molar-refractivity contribution is 0.628. The minimum absolute atomic E-state index is 0.107. The lowest BCUT2D eigenvalue weighted by Crippen LogP contribution is -2.06. The molecule has 0 saturated heterocycles. The van der Waals surface area contributed by atoms with Crippen LogP contribution in [0.25, 0.3) is 0 Å². The predicted octanol–water partition coefficient (Wildman–Crippen LogP) is 3.39. The second-order valence-electron chi connectivity index (χ2n) is 3.66. The smallest absolute Gasteiger partial charge is 0.125 e. The Labute approximate surface area is 94.2 Å². The molecular weight excluding hydrogens is 203 g/mol. The molecule has 1 unspecified atom stereocenters. The van der Waals surface area contributed by atoms with Crippen molar-refractivity contribution in [3.05, 3.63) is 60.2 Å². The molecule has 1 aromatic carbocycles. The number of nitrogens with one attached hydrogen (secondary N) is 1. The van der Waals surface area contributed by atoms with Gasteiger partial charge in [-0.15, -0.1) is 0 Å². The number of nitrogens with zero attached hydrogens (tertiary/aromatic N) is 1. The number of benzene rings is 1. The Balaban J connectivity index is 2.11. The third-order valence-corrected chi connectivity index (χ3v) is 2.39. The van der Waals surface area contributed by atoms with E-state index in [0.29, 0.717) is 0 Å². The zero-order valence-corrected chi connectivity index (χ0v) is 9.02. The Kier molecular flexibility index (Phi) is 3.15. The van der Waals surface area contributed by atoms with Crippen LogP contribution in [0.2, 0.25) is 0 Å². The summed E-state index contributed by atoms with van der Waals surface area (Å²) in [6.07, 6.45) is 3.54. The Morgan fingerprint density at radius 3 is 2.81 bits per heavy atom. The minimum atomic E-state index is -0.233. The van der Waals surface area contributed by atoms with Crippen molar-refractivity contribution in [2.45, 2.75) is 13.0 Å². The molecule has 2 aromatic rings. The minimum Gasteiger partial charge on any atom is -0.378 e. The first-order chi connectivity index (χ1) is 7.75.